The van der Waals surface area contributed by atoms with Crippen molar-refractivity contribution in [2.24, 2.45) is 23.7 Å². The van der Waals surface area contributed by atoms with Crippen molar-refractivity contribution < 1.29 is 39.2 Å². The fraction of sp³-hybridized carbons (Fsp3) is 0.778. The molecule has 4 atom stereocenters. The number of aliphatic carboxylic acids is 3. The van der Waals surface area contributed by atoms with Crippen molar-refractivity contribution in [2.45, 2.75) is 58.3 Å². The molecule has 0 aliphatic heterocycles. The van der Waals surface area contributed by atoms with Gasteiger partial charge in [0.15, 0.2) is 0 Å². The number of hydrogen-bond acceptors (Lipinski definition) is 5. The number of esters is 1. The summed E-state index contributed by atoms with van der Waals surface area (Å²) in [6.07, 6.45) is 5.29. The molecule has 0 radical (unpaired) electrons. The van der Waals surface area contributed by atoms with Crippen molar-refractivity contribution >= 4 is 23.9 Å². The van der Waals surface area contributed by atoms with E-state index >= 15 is 0 Å². The van der Waals surface area contributed by atoms with Crippen LogP contribution in [0, 0.1) is 23.7 Å². The molecule has 0 bridgehead atoms. The molecule has 1 aliphatic rings. The summed E-state index contributed by atoms with van der Waals surface area (Å²) in [5, 5.41) is 27.7. The van der Waals surface area contributed by atoms with Gasteiger partial charge in [-0.05, 0) is 19.3 Å². The maximum atomic E-state index is 12.3. The summed E-state index contributed by atoms with van der Waals surface area (Å²) in [5.41, 5.74) is 0. The lowest BCUT2D eigenvalue weighted by Gasteiger charge is -2.34. The molecule has 8 nitrogen and oxygen atoms in total. The smallest absolute Gasteiger partial charge is 0.309 e. The van der Waals surface area contributed by atoms with Crippen molar-refractivity contribution in [3.05, 3.63) is 0 Å². The van der Waals surface area contributed by atoms with Gasteiger partial charge in [-0.2, -0.15) is 0 Å². The summed E-state index contributed by atoms with van der Waals surface area (Å²) >= 11 is 0. The van der Waals surface area contributed by atoms with Gasteiger partial charge in [-0.3, -0.25) is 19.2 Å². The number of carbonyl (C=O) groups excluding carboxylic acids is 1. The number of hydrogen-bond donors (Lipinski definition) is 3. The van der Waals surface area contributed by atoms with E-state index in [1.807, 2.05) is 0 Å². The minimum Gasteiger partial charge on any atom is -0.481 e. The lowest BCUT2D eigenvalue weighted by molar-refractivity contribution is -0.170. The molecule has 0 saturated heterocycles. The van der Waals surface area contributed by atoms with Crippen LogP contribution in [0.25, 0.3) is 0 Å². The summed E-state index contributed by atoms with van der Waals surface area (Å²) in [6, 6.07) is 0. The molecule has 148 valence electrons. The maximum Gasteiger partial charge on any atom is 0.309 e. The Hall–Kier alpha value is -2.12. The second-order valence-corrected chi connectivity index (χ2v) is 6.85. The first-order valence-corrected chi connectivity index (χ1v) is 9.14. The molecule has 0 amide bonds. The SMILES string of the molecule is CCCCCCCCOC(=O)C1CC(C(=O)O)C(C(=O)O)CC1C(=O)O. The topological polar surface area (TPSA) is 138 Å². The Morgan fingerprint density at radius 3 is 1.65 bits per heavy atom. The number of rotatable bonds is 11. The van der Waals surface area contributed by atoms with E-state index in [0.29, 0.717) is 6.42 Å². The quantitative estimate of drug-likeness (QED) is 0.371. The van der Waals surface area contributed by atoms with Gasteiger partial charge in [-0.1, -0.05) is 39.0 Å². The minimum absolute atomic E-state index is 0.161. The van der Waals surface area contributed by atoms with Crippen LogP contribution in [0.5, 0.6) is 0 Å². The highest BCUT2D eigenvalue weighted by molar-refractivity contribution is 5.86. The van der Waals surface area contributed by atoms with E-state index < -0.39 is 54.0 Å². The Labute approximate surface area is 152 Å². The van der Waals surface area contributed by atoms with Gasteiger partial charge in [-0.15, -0.1) is 0 Å². The van der Waals surface area contributed by atoms with E-state index in [4.69, 9.17) is 4.74 Å². The van der Waals surface area contributed by atoms with Crippen molar-refractivity contribution in [3.8, 4) is 0 Å². The van der Waals surface area contributed by atoms with Gasteiger partial charge in [0, 0.05) is 0 Å². The van der Waals surface area contributed by atoms with Crippen molar-refractivity contribution in [2.75, 3.05) is 6.61 Å². The van der Waals surface area contributed by atoms with Gasteiger partial charge in [0.25, 0.3) is 0 Å². The first kappa shape index (κ1) is 21.9. The molecule has 4 unspecified atom stereocenters. The molecule has 0 spiro atoms. The molecule has 1 aliphatic carbocycles. The molecule has 26 heavy (non-hydrogen) atoms. The van der Waals surface area contributed by atoms with Crippen LogP contribution in [0.3, 0.4) is 0 Å². The molecule has 0 aromatic carbocycles. The standard InChI is InChI=1S/C18H28O8/c1-2-3-4-5-6-7-8-26-18(25)14-10-12(16(21)22)11(15(19)20)9-13(14)17(23)24/h11-14H,2-10H2,1H3,(H,19,20)(H,21,22)(H,23,24). The van der Waals surface area contributed by atoms with Crippen molar-refractivity contribution in [1.29, 1.82) is 0 Å². The maximum absolute atomic E-state index is 12.3. The summed E-state index contributed by atoms with van der Waals surface area (Å²) in [6.45, 7) is 2.28. The Bertz CT molecular complexity index is 515. The highest BCUT2D eigenvalue weighted by atomic mass is 16.5. The van der Waals surface area contributed by atoms with Gasteiger partial charge in [-0.25, -0.2) is 0 Å². The zero-order chi connectivity index (χ0) is 19.7. The van der Waals surface area contributed by atoms with Gasteiger partial charge >= 0.3 is 23.9 Å². The predicted octanol–water partition coefficient (Wildman–Crippen LogP) is 2.40. The Morgan fingerprint density at radius 1 is 0.731 bits per heavy atom. The first-order chi connectivity index (χ1) is 12.3. The highest BCUT2D eigenvalue weighted by Crippen LogP contribution is 2.39. The number of ether oxygens (including phenoxy) is 1. The van der Waals surface area contributed by atoms with Crippen LogP contribution in [0.4, 0.5) is 0 Å². The fourth-order valence-electron chi connectivity index (χ4n) is 3.45. The lowest BCUT2D eigenvalue weighted by Crippen LogP contribution is -2.45. The van der Waals surface area contributed by atoms with Crippen LogP contribution in [0.2, 0.25) is 0 Å². The monoisotopic (exact) mass is 372 g/mol. The molecule has 1 fully saturated rings. The summed E-state index contributed by atoms with van der Waals surface area (Å²) in [4.78, 5) is 46.3. The summed E-state index contributed by atoms with van der Waals surface area (Å²) in [7, 11) is 0. The summed E-state index contributed by atoms with van der Waals surface area (Å²) < 4.78 is 5.15. The van der Waals surface area contributed by atoms with Gasteiger partial charge in [0.1, 0.15) is 0 Å². The second-order valence-electron chi connectivity index (χ2n) is 6.85. The van der Waals surface area contributed by atoms with Crippen LogP contribution < -0.4 is 0 Å². The van der Waals surface area contributed by atoms with Crippen LogP contribution in [-0.4, -0.2) is 45.8 Å². The lowest BCUT2D eigenvalue weighted by atomic mass is 9.68. The highest BCUT2D eigenvalue weighted by Gasteiger charge is 2.49. The first-order valence-electron chi connectivity index (χ1n) is 9.14. The van der Waals surface area contributed by atoms with Crippen LogP contribution >= 0.6 is 0 Å². The normalized spacial score (nSPS) is 25.4. The Kier molecular flexibility index (Phi) is 9.09. The number of carboxylic acid groups (broad SMARTS) is 3. The molecule has 1 saturated carbocycles. The van der Waals surface area contributed by atoms with Gasteiger partial charge in [0.2, 0.25) is 0 Å². The largest absolute Gasteiger partial charge is 0.481 e. The third-order valence-electron chi connectivity index (χ3n) is 4.98. The molecular formula is C18H28O8. The molecular weight excluding hydrogens is 344 g/mol. The van der Waals surface area contributed by atoms with E-state index in [2.05, 4.69) is 6.92 Å². The molecule has 1 rings (SSSR count). The second kappa shape index (κ2) is 10.8. The van der Waals surface area contributed by atoms with E-state index in [-0.39, 0.29) is 13.0 Å². The van der Waals surface area contributed by atoms with Gasteiger partial charge < -0.3 is 20.1 Å². The zero-order valence-electron chi connectivity index (χ0n) is 15.1. The molecule has 0 aromatic heterocycles. The Balaban J connectivity index is 2.63. The number of unbranched alkanes of at least 4 members (excludes halogenated alkanes) is 5. The average molecular weight is 372 g/mol. The van der Waals surface area contributed by atoms with Crippen LogP contribution in [0.15, 0.2) is 0 Å². The Morgan fingerprint density at radius 2 is 1.15 bits per heavy atom. The van der Waals surface area contributed by atoms with Crippen LogP contribution in [0.1, 0.15) is 58.3 Å². The van der Waals surface area contributed by atoms with Crippen molar-refractivity contribution in [3.63, 3.8) is 0 Å². The van der Waals surface area contributed by atoms with Crippen molar-refractivity contribution in [1.82, 2.24) is 0 Å². The fourth-order valence-corrected chi connectivity index (χ4v) is 3.45. The number of carbonyl (C=O) groups is 4. The third kappa shape index (κ3) is 6.31. The van der Waals surface area contributed by atoms with Crippen LogP contribution in [-0.2, 0) is 23.9 Å². The average Bonchev–Trinajstić information content (AvgIpc) is 2.59. The van der Waals surface area contributed by atoms with E-state index in [1.54, 1.807) is 0 Å². The molecule has 0 aromatic rings. The van der Waals surface area contributed by atoms with Gasteiger partial charge in [0.05, 0.1) is 30.3 Å². The molecule has 3 N–H and O–H groups in total. The molecule has 0 heterocycles. The number of carboxylic acids is 3. The predicted molar refractivity (Wildman–Crippen MR) is 90.4 cm³/mol. The zero-order valence-corrected chi connectivity index (χ0v) is 15.1. The molecule has 8 heteroatoms. The van der Waals surface area contributed by atoms with E-state index in [1.165, 1.54) is 0 Å². The summed E-state index contributed by atoms with van der Waals surface area (Å²) in [5.74, 6) is -9.75. The van der Waals surface area contributed by atoms with E-state index in [9.17, 15) is 34.5 Å². The van der Waals surface area contributed by atoms with E-state index in [0.717, 1.165) is 32.1 Å². The third-order valence-corrected chi connectivity index (χ3v) is 4.98. The minimum atomic E-state index is -1.36.